The van der Waals surface area contributed by atoms with Crippen molar-refractivity contribution in [3.05, 3.63) is 22.2 Å². The normalized spacial score (nSPS) is 18.5. The molecule has 0 fully saturated rings. The summed E-state index contributed by atoms with van der Waals surface area (Å²) in [4.78, 5) is 14.1. The minimum absolute atomic E-state index is 0.263. The van der Waals surface area contributed by atoms with Crippen LogP contribution >= 0.6 is 15.9 Å². The molecule has 0 saturated heterocycles. The average Bonchev–Trinajstić information content (AvgIpc) is 2.26. The van der Waals surface area contributed by atoms with Crippen LogP contribution in [0.3, 0.4) is 0 Å². The molecule has 15 heavy (non-hydrogen) atoms. The Bertz CT molecular complexity index is 444. The van der Waals surface area contributed by atoms with Crippen LogP contribution < -0.4 is 10.2 Å². The van der Waals surface area contributed by atoms with Gasteiger partial charge in [-0.2, -0.15) is 0 Å². The molecule has 0 amide bonds. The number of carbonyl (C=O) groups is 1. The lowest BCUT2D eigenvalue weighted by Gasteiger charge is -2.36. The first kappa shape index (κ1) is 9.21. The molecule has 3 rings (SSSR count). The number of Topliss-reactive ketones (excluding diaryl/α,β-unsaturated/α-hetero) is 1. The van der Waals surface area contributed by atoms with E-state index in [4.69, 9.17) is 0 Å². The number of halogens is 1. The summed E-state index contributed by atoms with van der Waals surface area (Å²) in [6, 6.07) is 3.87. The Morgan fingerprint density at radius 2 is 2.20 bits per heavy atom. The monoisotopic (exact) mass is 266 g/mol. The molecule has 1 aromatic carbocycles. The van der Waals surface area contributed by atoms with Crippen LogP contribution in [0.15, 0.2) is 16.6 Å². The van der Waals surface area contributed by atoms with Crippen LogP contribution in [-0.4, -0.2) is 25.4 Å². The van der Waals surface area contributed by atoms with E-state index < -0.39 is 0 Å². The Balaban J connectivity index is 2.27. The number of hydrogen-bond donors (Lipinski definition) is 1. The van der Waals surface area contributed by atoms with Gasteiger partial charge in [0.1, 0.15) is 0 Å². The van der Waals surface area contributed by atoms with E-state index in [1.165, 1.54) is 0 Å². The van der Waals surface area contributed by atoms with Crippen molar-refractivity contribution in [1.29, 1.82) is 0 Å². The minimum atomic E-state index is 0.263. The SMILES string of the molecule is O=C1CCN2CCNc3c(Br)ccc1c32. The van der Waals surface area contributed by atoms with Crippen LogP contribution in [0.1, 0.15) is 16.8 Å². The van der Waals surface area contributed by atoms with E-state index in [9.17, 15) is 4.79 Å². The number of nitrogens with one attached hydrogen (secondary N) is 1. The Hall–Kier alpha value is -1.03. The van der Waals surface area contributed by atoms with Gasteiger partial charge in [-0.1, -0.05) is 0 Å². The van der Waals surface area contributed by atoms with Gasteiger partial charge in [0.15, 0.2) is 5.78 Å². The largest absolute Gasteiger partial charge is 0.381 e. The molecule has 1 N–H and O–H groups in total. The predicted molar refractivity (Wildman–Crippen MR) is 63.8 cm³/mol. The van der Waals surface area contributed by atoms with Crippen LogP contribution in [0, 0.1) is 0 Å². The molecule has 0 aromatic heterocycles. The number of benzene rings is 1. The summed E-state index contributed by atoms with van der Waals surface area (Å²) in [6.45, 7) is 2.80. The highest BCUT2D eigenvalue weighted by atomic mass is 79.9. The molecular weight excluding hydrogens is 256 g/mol. The van der Waals surface area contributed by atoms with Gasteiger partial charge in [0.05, 0.1) is 11.4 Å². The molecule has 0 aliphatic carbocycles. The molecule has 0 bridgehead atoms. The van der Waals surface area contributed by atoms with Gasteiger partial charge in [-0.25, -0.2) is 0 Å². The standard InChI is InChI=1S/C11H11BrN2O/c12-8-2-1-7-9(15)3-5-14-6-4-13-10(8)11(7)14/h1-2,13H,3-6H2. The highest BCUT2D eigenvalue weighted by Gasteiger charge is 2.28. The summed E-state index contributed by atoms with van der Waals surface area (Å²) < 4.78 is 1.04. The van der Waals surface area contributed by atoms with Crippen molar-refractivity contribution >= 4 is 33.1 Å². The van der Waals surface area contributed by atoms with Gasteiger partial charge in [0, 0.05) is 36.1 Å². The zero-order valence-electron chi connectivity index (χ0n) is 8.22. The lowest BCUT2D eigenvalue weighted by molar-refractivity contribution is 0.0980. The summed E-state index contributed by atoms with van der Waals surface area (Å²) in [7, 11) is 0. The van der Waals surface area contributed by atoms with Crippen LogP contribution in [0.2, 0.25) is 0 Å². The van der Waals surface area contributed by atoms with Crippen molar-refractivity contribution < 1.29 is 4.79 Å². The number of ketones is 1. The predicted octanol–water partition coefficient (Wildman–Crippen LogP) is 2.27. The average molecular weight is 267 g/mol. The van der Waals surface area contributed by atoms with E-state index in [1.54, 1.807) is 0 Å². The molecule has 0 radical (unpaired) electrons. The summed E-state index contributed by atoms with van der Waals surface area (Å²) in [5.41, 5.74) is 3.03. The smallest absolute Gasteiger partial charge is 0.166 e. The summed E-state index contributed by atoms with van der Waals surface area (Å²) in [5, 5.41) is 3.35. The zero-order chi connectivity index (χ0) is 10.4. The highest BCUT2D eigenvalue weighted by Crippen LogP contribution is 2.41. The number of anilines is 2. The number of hydrogen-bond acceptors (Lipinski definition) is 3. The quantitative estimate of drug-likeness (QED) is 0.782. The van der Waals surface area contributed by atoms with Crippen molar-refractivity contribution in [3.8, 4) is 0 Å². The summed E-state index contributed by atoms with van der Waals surface area (Å²) in [5.74, 6) is 0.263. The third-order valence-corrected chi connectivity index (χ3v) is 3.70. The van der Waals surface area contributed by atoms with Gasteiger partial charge >= 0.3 is 0 Å². The van der Waals surface area contributed by atoms with Crippen molar-refractivity contribution in [2.75, 3.05) is 29.9 Å². The molecule has 2 aliphatic heterocycles. The van der Waals surface area contributed by atoms with Crippen LogP contribution in [0.5, 0.6) is 0 Å². The van der Waals surface area contributed by atoms with Gasteiger partial charge in [-0.3, -0.25) is 4.79 Å². The van der Waals surface area contributed by atoms with E-state index in [-0.39, 0.29) is 5.78 Å². The van der Waals surface area contributed by atoms with E-state index in [0.717, 1.165) is 41.0 Å². The van der Waals surface area contributed by atoms with Crippen LogP contribution in [-0.2, 0) is 0 Å². The molecular formula is C11H11BrN2O. The summed E-state index contributed by atoms with van der Waals surface area (Å²) >= 11 is 3.52. The first-order chi connectivity index (χ1) is 7.27. The molecule has 0 spiro atoms. The van der Waals surface area contributed by atoms with Gasteiger partial charge in [-0.05, 0) is 28.1 Å². The van der Waals surface area contributed by atoms with Crippen LogP contribution in [0.25, 0.3) is 0 Å². The fraction of sp³-hybridized carbons (Fsp3) is 0.364. The third-order valence-electron chi connectivity index (χ3n) is 3.04. The second-order valence-corrected chi connectivity index (χ2v) is 4.76. The third kappa shape index (κ3) is 1.28. The lowest BCUT2D eigenvalue weighted by atomic mass is 9.98. The van der Waals surface area contributed by atoms with Crippen molar-refractivity contribution in [3.63, 3.8) is 0 Å². The first-order valence-corrected chi connectivity index (χ1v) is 5.91. The second-order valence-electron chi connectivity index (χ2n) is 3.91. The lowest BCUT2D eigenvalue weighted by Crippen LogP contribution is -2.39. The molecule has 0 saturated carbocycles. The molecule has 2 aliphatic rings. The Morgan fingerprint density at radius 1 is 1.33 bits per heavy atom. The maximum atomic E-state index is 11.8. The van der Waals surface area contributed by atoms with Crippen molar-refractivity contribution in [1.82, 2.24) is 0 Å². The van der Waals surface area contributed by atoms with E-state index in [2.05, 4.69) is 26.1 Å². The van der Waals surface area contributed by atoms with Gasteiger partial charge < -0.3 is 10.2 Å². The zero-order valence-corrected chi connectivity index (χ0v) is 9.80. The van der Waals surface area contributed by atoms with Gasteiger partial charge in [0.25, 0.3) is 0 Å². The molecule has 1 aromatic rings. The molecule has 2 heterocycles. The molecule has 0 unspecified atom stereocenters. The maximum absolute atomic E-state index is 11.8. The van der Waals surface area contributed by atoms with Gasteiger partial charge in [0.2, 0.25) is 0 Å². The fourth-order valence-corrected chi connectivity index (χ4v) is 2.77. The Labute approximate surface area is 96.6 Å². The van der Waals surface area contributed by atoms with E-state index >= 15 is 0 Å². The minimum Gasteiger partial charge on any atom is -0.381 e. The maximum Gasteiger partial charge on any atom is 0.166 e. The van der Waals surface area contributed by atoms with Crippen molar-refractivity contribution in [2.24, 2.45) is 0 Å². The van der Waals surface area contributed by atoms with Crippen LogP contribution in [0.4, 0.5) is 11.4 Å². The first-order valence-electron chi connectivity index (χ1n) is 5.12. The molecule has 0 atom stereocenters. The van der Waals surface area contributed by atoms with E-state index in [0.29, 0.717) is 6.42 Å². The number of carbonyl (C=O) groups excluding carboxylic acids is 1. The molecule has 3 nitrogen and oxygen atoms in total. The summed E-state index contributed by atoms with van der Waals surface area (Å²) in [6.07, 6.45) is 0.647. The fourth-order valence-electron chi connectivity index (χ4n) is 2.31. The topological polar surface area (TPSA) is 32.3 Å². The Morgan fingerprint density at radius 3 is 3.07 bits per heavy atom. The number of rotatable bonds is 0. The van der Waals surface area contributed by atoms with Crippen molar-refractivity contribution in [2.45, 2.75) is 6.42 Å². The molecule has 4 heteroatoms. The second kappa shape index (κ2) is 3.23. The number of nitrogens with zero attached hydrogens (tertiary/aromatic N) is 1. The van der Waals surface area contributed by atoms with E-state index in [1.807, 2.05) is 12.1 Å². The molecule has 78 valence electrons. The highest BCUT2D eigenvalue weighted by molar-refractivity contribution is 9.10. The Kier molecular flexibility index (Phi) is 1.99. The van der Waals surface area contributed by atoms with Gasteiger partial charge in [-0.15, -0.1) is 0 Å².